The van der Waals surface area contributed by atoms with Gasteiger partial charge in [-0.3, -0.25) is 9.48 Å². The first kappa shape index (κ1) is 13.8. The molecular weight excluding hydrogens is 238 g/mol. The van der Waals surface area contributed by atoms with Crippen LogP contribution in [0.3, 0.4) is 0 Å². The maximum absolute atomic E-state index is 11.6. The number of ketones is 1. The van der Waals surface area contributed by atoms with Gasteiger partial charge in [0, 0.05) is 12.6 Å². The predicted molar refractivity (Wildman–Crippen MR) is 72.5 cm³/mol. The quantitative estimate of drug-likeness (QED) is 0.835. The molecule has 4 heteroatoms. The molecular formula is C15H21N3O. The summed E-state index contributed by atoms with van der Waals surface area (Å²) in [5.41, 5.74) is -0.115. The lowest BCUT2D eigenvalue weighted by atomic mass is 9.83. The highest BCUT2D eigenvalue weighted by atomic mass is 16.1. The molecule has 1 aliphatic rings. The fraction of sp³-hybridized carbons (Fsp3) is 0.667. The highest BCUT2D eigenvalue weighted by Gasteiger charge is 2.31. The van der Waals surface area contributed by atoms with Crippen molar-refractivity contribution in [2.45, 2.75) is 58.4 Å². The van der Waals surface area contributed by atoms with Crippen LogP contribution >= 0.6 is 0 Å². The van der Waals surface area contributed by atoms with Crippen molar-refractivity contribution >= 4 is 5.78 Å². The van der Waals surface area contributed by atoms with E-state index in [0.29, 0.717) is 12.5 Å². The van der Waals surface area contributed by atoms with E-state index < -0.39 is 5.41 Å². The highest BCUT2D eigenvalue weighted by molar-refractivity contribution is 5.84. The van der Waals surface area contributed by atoms with Crippen molar-refractivity contribution < 1.29 is 4.79 Å². The molecule has 0 aliphatic heterocycles. The number of nitrogens with zero attached hydrogens (tertiary/aromatic N) is 3. The lowest BCUT2D eigenvalue weighted by Crippen LogP contribution is -2.26. The molecule has 0 saturated heterocycles. The fourth-order valence-corrected chi connectivity index (χ4v) is 2.63. The summed E-state index contributed by atoms with van der Waals surface area (Å²) in [4.78, 5) is 11.6. The van der Waals surface area contributed by atoms with E-state index >= 15 is 0 Å². The van der Waals surface area contributed by atoms with Gasteiger partial charge in [-0.15, -0.1) is 0 Å². The fourth-order valence-electron chi connectivity index (χ4n) is 2.63. The Hall–Kier alpha value is -1.63. The molecule has 1 heterocycles. The van der Waals surface area contributed by atoms with Crippen LogP contribution in [0.15, 0.2) is 12.3 Å². The van der Waals surface area contributed by atoms with Crippen LogP contribution in [0.5, 0.6) is 0 Å². The lowest BCUT2D eigenvalue weighted by molar-refractivity contribution is -0.123. The Morgan fingerprint density at radius 2 is 2.21 bits per heavy atom. The molecule has 1 fully saturated rings. The minimum Gasteiger partial charge on any atom is -0.298 e. The molecule has 4 nitrogen and oxygen atoms in total. The van der Waals surface area contributed by atoms with Gasteiger partial charge in [-0.1, -0.05) is 19.3 Å². The van der Waals surface area contributed by atoms with Crippen molar-refractivity contribution in [3.05, 3.63) is 18.0 Å². The van der Waals surface area contributed by atoms with Gasteiger partial charge in [0.05, 0.1) is 17.8 Å². The van der Waals surface area contributed by atoms with E-state index in [0.717, 1.165) is 5.69 Å². The third-order valence-corrected chi connectivity index (χ3v) is 4.17. The van der Waals surface area contributed by atoms with Gasteiger partial charge < -0.3 is 0 Å². The van der Waals surface area contributed by atoms with Crippen LogP contribution in [0.4, 0.5) is 0 Å². The summed E-state index contributed by atoms with van der Waals surface area (Å²) in [6.45, 7) is 3.16. The van der Waals surface area contributed by atoms with Gasteiger partial charge in [-0.05, 0) is 32.8 Å². The number of nitriles is 1. The van der Waals surface area contributed by atoms with Crippen molar-refractivity contribution in [1.82, 2.24) is 9.78 Å². The topological polar surface area (TPSA) is 58.7 Å². The third kappa shape index (κ3) is 3.04. The number of Topliss-reactive ketones (excluding diaryl/α,β-unsaturated/α-hetero) is 1. The highest BCUT2D eigenvalue weighted by Crippen LogP contribution is 2.28. The van der Waals surface area contributed by atoms with E-state index in [2.05, 4.69) is 11.2 Å². The molecule has 0 radical (unpaired) electrons. The number of aromatic nitrogens is 2. The van der Waals surface area contributed by atoms with Crippen LogP contribution in [-0.4, -0.2) is 15.6 Å². The van der Waals surface area contributed by atoms with Gasteiger partial charge in [0.25, 0.3) is 0 Å². The average Bonchev–Trinajstić information content (AvgIpc) is 2.87. The molecule has 102 valence electrons. The summed E-state index contributed by atoms with van der Waals surface area (Å²) >= 11 is 0. The van der Waals surface area contributed by atoms with E-state index in [1.54, 1.807) is 6.92 Å². The summed E-state index contributed by atoms with van der Waals surface area (Å²) in [6.07, 6.45) is 8.61. The Morgan fingerprint density at radius 3 is 2.79 bits per heavy atom. The monoisotopic (exact) mass is 259 g/mol. The normalized spacial score (nSPS) is 19.6. The van der Waals surface area contributed by atoms with E-state index in [4.69, 9.17) is 5.26 Å². The molecule has 1 saturated carbocycles. The second-order valence-electron chi connectivity index (χ2n) is 5.76. The molecule has 1 aliphatic carbocycles. The Morgan fingerprint density at radius 1 is 1.53 bits per heavy atom. The van der Waals surface area contributed by atoms with Gasteiger partial charge in [0.1, 0.15) is 11.2 Å². The number of carbonyl (C=O) groups excluding carboxylic acids is 1. The molecule has 0 spiro atoms. The van der Waals surface area contributed by atoms with E-state index in [9.17, 15) is 4.79 Å². The molecule has 1 unspecified atom stereocenters. The van der Waals surface area contributed by atoms with Crippen molar-refractivity contribution in [3.63, 3.8) is 0 Å². The van der Waals surface area contributed by atoms with Crippen LogP contribution in [0.2, 0.25) is 0 Å². The molecule has 19 heavy (non-hydrogen) atoms. The van der Waals surface area contributed by atoms with E-state index in [-0.39, 0.29) is 5.78 Å². The first-order valence-electron chi connectivity index (χ1n) is 7.01. The van der Waals surface area contributed by atoms with Crippen LogP contribution in [0, 0.1) is 16.7 Å². The van der Waals surface area contributed by atoms with Crippen LogP contribution < -0.4 is 0 Å². The molecule has 2 rings (SSSR count). The smallest absolute Gasteiger partial charge is 0.150 e. The van der Waals surface area contributed by atoms with Crippen LogP contribution in [-0.2, 0) is 11.2 Å². The predicted octanol–water partition coefficient (Wildman–Crippen LogP) is 3.05. The minimum atomic E-state index is -0.953. The molecule has 0 aromatic carbocycles. The largest absolute Gasteiger partial charge is 0.298 e. The first-order chi connectivity index (χ1) is 9.05. The second-order valence-corrected chi connectivity index (χ2v) is 5.76. The van der Waals surface area contributed by atoms with Crippen molar-refractivity contribution in [2.24, 2.45) is 5.41 Å². The number of hydrogen-bond donors (Lipinski definition) is 0. The van der Waals surface area contributed by atoms with Crippen molar-refractivity contribution in [1.29, 1.82) is 5.26 Å². The molecule has 1 aromatic rings. The summed E-state index contributed by atoms with van der Waals surface area (Å²) in [7, 11) is 0. The third-order valence-electron chi connectivity index (χ3n) is 4.17. The second kappa shape index (κ2) is 5.56. The van der Waals surface area contributed by atoms with Gasteiger partial charge in [-0.25, -0.2) is 0 Å². The van der Waals surface area contributed by atoms with Gasteiger partial charge in [0.2, 0.25) is 0 Å². The summed E-state index contributed by atoms with van der Waals surface area (Å²) in [5.74, 6) is -0.0952. The summed E-state index contributed by atoms with van der Waals surface area (Å²) in [5, 5.41) is 13.7. The summed E-state index contributed by atoms with van der Waals surface area (Å²) < 4.78 is 2.02. The number of hydrogen-bond acceptors (Lipinski definition) is 3. The molecule has 1 atom stereocenters. The van der Waals surface area contributed by atoms with Crippen molar-refractivity contribution in [3.8, 4) is 6.07 Å². The van der Waals surface area contributed by atoms with Crippen LogP contribution in [0.25, 0.3) is 0 Å². The Kier molecular flexibility index (Phi) is 4.04. The van der Waals surface area contributed by atoms with Crippen molar-refractivity contribution in [2.75, 3.05) is 0 Å². The zero-order valence-electron chi connectivity index (χ0n) is 11.7. The number of rotatable bonds is 4. The Bertz CT molecular complexity index is 494. The molecule has 0 bridgehead atoms. The Balaban J connectivity index is 2.09. The SMILES string of the molecule is CC(=O)C(C)(C#N)Cc1ccn(C2CCCCC2)n1. The zero-order chi connectivity index (χ0) is 13.9. The maximum Gasteiger partial charge on any atom is 0.150 e. The van der Waals surface area contributed by atoms with Crippen LogP contribution in [0.1, 0.15) is 57.7 Å². The van der Waals surface area contributed by atoms with Gasteiger partial charge in [-0.2, -0.15) is 10.4 Å². The average molecular weight is 259 g/mol. The molecule has 1 aromatic heterocycles. The molecule has 0 N–H and O–H groups in total. The first-order valence-corrected chi connectivity index (χ1v) is 7.01. The van der Waals surface area contributed by atoms with Gasteiger partial charge >= 0.3 is 0 Å². The summed E-state index contributed by atoms with van der Waals surface area (Å²) in [6, 6.07) is 4.55. The van der Waals surface area contributed by atoms with Gasteiger partial charge in [0.15, 0.2) is 0 Å². The molecule has 0 amide bonds. The maximum atomic E-state index is 11.6. The number of carbonyl (C=O) groups is 1. The Labute approximate surface area is 114 Å². The standard InChI is InChI=1S/C15H21N3O/c1-12(19)15(2,11-16)10-13-8-9-18(17-13)14-6-4-3-5-7-14/h8-9,14H,3-7,10H2,1-2H3. The lowest BCUT2D eigenvalue weighted by Gasteiger charge is -2.22. The zero-order valence-corrected chi connectivity index (χ0v) is 11.7. The minimum absolute atomic E-state index is 0.0952. The van der Waals surface area contributed by atoms with E-state index in [1.807, 2.05) is 16.9 Å². The van der Waals surface area contributed by atoms with E-state index in [1.165, 1.54) is 39.0 Å².